The first-order valence-electron chi connectivity index (χ1n) is 12.4. The Morgan fingerprint density at radius 2 is 1.77 bits per heavy atom. The van der Waals surface area contributed by atoms with Crippen LogP contribution < -0.4 is 10.2 Å². The van der Waals surface area contributed by atoms with Gasteiger partial charge in [0, 0.05) is 48.9 Å². The Bertz CT molecular complexity index is 1230. The molecule has 1 unspecified atom stereocenters. The second-order valence-corrected chi connectivity index (χ2v) is 10.0. The highest BCUT2D eigenvalue weighted by Gasteiger charge is 2.43. The smallest absolute Gasteiger partial charge is 0.242 e. The third kappa shape index (κ3) is 4.02. The van der Waals surface area contributed by atoms with Gasteiger partial charge in [0.2, 0.25) is 5.95 Å². The number of hydrogen-bond acceptors (Lipinski definition) is 6. The summed E-state index contributed by atoms with van der Waals surface area (Å²) in [5.74, 6) is -1.23. The van der Waals surface area contributed by atoms with Crippen molar-refractivity contribution in [3.63, 3.8) is 0 Å². The Kier molecular flexibility index (Phi) is 5.61. The maximum Gasteiger partial charge on any atom is 0.242 e. The van der Waals surface area contributed by atoms with Crippen molar-refractivity contribution < 1.29 is 13.2 Å². The lowest BCUT2D eigenvalue weighted by Crippen LogP contribution is -2.48. The Balaban J connectivity index is 1.24. The number of anilines is 2. The molecular weight excluding hydrogens is 455 g/mol. The molecule has 1 aromatic carbocycles. The van der Waals surface area contributed by atoms with Crippen molar-refractivity contribution in [2.24, 2.45) is 11.8 Å². The second-order valence-electron chi connectivity index (χ2n) is 10.0. The molecule has 35 heavy (non-hydrogen) atoms. The van der Waals surface area contributed by atoms with E-state index in [2.05, 4.69) is 20.2 Å². The zero-order chi connectivity index (χ0) is 24.1. The molecule has 2 fully saturated rings. The van der Waals surface area contributed by atoms with Gasteiger partial charge in [0.1, 0.15) is 18.0 Å². The average Bonchev–Trinajstić information content (AvgIpc) is 3.25. The van der Waals surface area contributed by atoms with Gasteiger partial charge in [0.05, 0.1) is 0 Å². The molecule has 1 aliphatic carbocycles. The van der Waals surface area contributed by atoms with Crippen LogP contribution in [0.5, 0.6) is 0 Å². The zero-order valence-corrected chi connectivity index (χ0v) is 19.6. The van der Waals surface area contributed by atoms with E-state index in [1.807, 2.05) is 13.0 Å². The van der Waals surface area contributed by atoms with Gasteiger partial charge in [0.15, 0.2) is 17.5 Å². The standard InChI is InChI=1S/C25H28F3N7/c1-14-10-20(30-13-29-14)34-11-15-5-6-16(12-34)23(15)31-25-32-24-18(4-2-3-9-35(24)33-25)17-7-8-19(26)22(28)21(17)27/h7-8,10,13,15-16,18,23H,2-6,9,11-12H2,1H3,(H,31,33)/t15-,16?,18-,23-/m0/s1. The van der Waals surface area contributed by atoms with Gasteiger partial charge in [-0.3, -0.25) is 0 Å². The molecule has 10 heteroatoms. The molecule has 184 valence electrons. The Morgan fingerprint density at radius 1 is 0.971 bits per heavy atom. The Labute approximate surface area is 201 Å². The normalized spacial score (nSPS) is 25.9. The quantitative estimate of drug-likeness (QED) is 0.554. The van der Waals surface area contributed by atoms with Gasteiger partial charge in [-0.1, -0.05) is 12.5 Å². The summed E-state index contributed by atoms with van der Waals surface area (Å²) in [6.45, 7) is 4.45. The van der Waals surface area contributed by atoms with Crippen molar-refractivity contribution >= 4 is 11.8 Å². The van der Waals surface area contributed by atoms with Crippen molar-refractivity contribution in [2.75, 3.05) is 23.3 Å². The summed E-state index contributed by atoms with van der Waals surface area (Å²) in [4.78, 5) is 15.8. The number of piperidine rings is 1. The van der Waals surface area contributed by atoms with E-state index in [-0.39, 0.29) is 11.6 Å². The van der Waals surface area contributed by atoms with Crippen molar-refractivity contribution in [1.29, 1.82) is 0 Å². The molecule has 2 aromatic heterocycles. The van der Waals surface area contributed by atoms with Crippen LogP contribution in [0.25, 0.3) is 0 Å². The van der Waals surface area contributed by atoms with Gasteiger partial charge >= 0.3 is 0 Å². The van der Waals surface area contributed by atoms with Gasteiger partial charge in [-0.05, 0) is 50.5 Å². The molecule has 0 amide bonds. The fraction of sp³-hybridized carbons (Fsp3) is 0.520. The number of aryl methyl sites for hydroxylation is 2. The average molecular weight is 484 g/mol. The van der Waals surface area contributed by atoms with Crippen LogP contribution in [0.15, 0.2) is 24.5 Å². The minimum Gasteiger partial charge on any atom is -0.356 e. The Morgan fingerprint density at radius 3 is 2.54 bits per heavy atom. The van der Waals surface area contributed by atoms with Crippen LogP contribution in [0, 0.1) is 36.2 Å². The number of benzene rings is 1. The summed E-state index contributed by atoms with van der Waals surface area (Å²) in [6, 6.07) is 4.60. The zero-order valence-electron chi connectivity index (χ0n) is 19.6. The van der Waals surface area contributed by atoms with Crippen LogP contribution in [-0.4, -0.2) is 43.9 Å². The van der Waals surface area contributed by atoms with Crippen LogP contribution in [0.3, 0.4) is 0 Å². The lowest BCUT2D eigenvalue weighted by molar-refractivity contribution is 0.374. The Hall–Kier alpha value is -3.17. The number of aromatic nitrogens is 5. The fourth-order valence-electron chi connectivity index (χ4n) is 6.09. The van der Waals surface area contributed by atoms with Crippen LogP contribution in [0.1, 0.15) is 55.1 Å². The van der Waals surface area contributed by atoms with E-state index in [1.54, 1.807) is 11.0 Å². The monoisotopic (exact) mass is 483 g/mol. The van der Waals surface area contributed by atoms with E-state index in [0.717, 1.165) is 56.4 Å². The largest absolute Gasteiger partial charge is 0.356 e. The van der Waals surface area contributed by atoms with Gasteiger partial charge in [0.25, 0.3) is 0 Å². The van der Waals surface area contributed by atoms with Crippen LogP contribution in [0.2, 0.25) is 0 Å². The predicted octanol–water partition coefficient (Wildman–Crippen LogP) is 4.44. The molecule has 2 bridgehead atoms. The van der Waals surface area contributed by atoms with E-state index < -0.39 is 23.4 Å². The molecule has 2 aliphatic heterocycles. The van der Waals surface area contributed by atoms with Gasteiger partial charge < -0.3 is 10.2 Å². The second kappa shape index (κ2) is 8.80. The van der Waals surface area contributed by atoms with E-state index in [1.165, 1.54) is 6.07 Å². The predicted molar refractivity (Wildman–Crippen MR) is 125 cm³/mol. The number of nitrogens with one attached hydrogen (secondary N) is 1. The number of rotatable bonds is 4. The molecule has 3 aliphatic rings. The molecule has 4 atom stereocenters. The first-order chi connectivity index (χ1) is 17.0. The molecule has 1 N–H and O–H groups in total. The molecule has 7 nitrogen and oxygen atoms in total. The molecule has 6 rings (SSSR count). The molecule has 1 saturated heterocycles. The highest BCUT2D eigenvalue weighted by molar-refractivity contribution is 5.42. The van der Waals surface area contributed by atoms with E-state index >= 15 is 0 Å². The molecular formula is C25H28F3N7. The van der Waals surface area contributed by atoms with Gasteiger partial charge in [-0.2, -0.15) is 4.98 Å². The van der Waals surface area contributed by atoms with Crippen molar-refractivity contribution in [3.05, 3.63) is 59.1 Å². The number of nitrogens with zero attached hydrogens (tertiary/aromatic N) is 6. The summed E-state index contributed by atoms with van der Waals surface area (Å²) >= 11 is 0. The maximum absolute atomic E-state index is 14.7. The summed E-state index contributed by atoms with van der Waals surface area (Å²) in [5, 5.41) is 8.29. The highest BCUT2D eigenvalue weighted by atomic mass is 19.2. The lowest BCUT2D eigenvalue weighted by Gasteiger charge is -2.38. The third-order valence-corrected chi connectivity index (χ3v) is 7.81. The summed E-state index contributed by atoms with van der Waals surface area (Å²) in [7, 11) is 0. The molecule has 0 spiro atoms. The molecule has 1 saturated carbocycles. The number of fused-ring (bicyclic) bond motifs is 3. The van der Waals surface area contributed by atoms with Crippen LogP contribution >= 0.6 is 0 Å². The highest BCUT2D eigenvalue weighted by Crippen LogP contribution is 2.40. The third-order valence-electron chi connectivity index (χ3n) is 7.81. The summed E-state index contributed by atoms with van der Waals surface area (Å²) in [6.07, 6.45) is 6.19. The van der Waals surface area contributed by atoms with Crippen molar-refractivity contribution in [1.82, 2.24) is 24.7 Å². The maximum atomic E-state index is 14.7. The molecule has 4 heterocycles. The minimum atomic E-state index is -1.43. The first kappa shape index (κ1) is 22.3. The fourth-order valence-corrected chi connectivity index (χ4v) is 6.09. The van der Waals surface area contributed by atoms with E-state index in [9.17, 15) is 13.2 Å². The van der Waals surface area contributed by atoms with E-state index in [0.29, 0.717) is 36.6 Å². The van der Waals surface area contributed by atoms with Crippen molar-refractivity contribution in [2.45, 2.75) is 57.5 Å². The SMILES string of the molecule is Cc1cc(N2CC3CC[C@@H](C2)[C@@H]3Nc2nc3n(n2)CCCC[C@H]3c2ccc(F)c(F)c2F)ncn1. The van der Waals surface area contributed by atoms with Crippen molar-refractivity contribution in [3.8, 4) is 0 Å². The van der Waals surface area contributed by atoms with Gasteiger partial charge in [-0.15, -0.1) is 5.10 Å². The molecule has 0 radical (unpaired) electrons. The van der Waals surface area contributed by atoms with Crippen LogP contribution in [-0.2, 0) is 6.54 Å². The van der Waals surface area contributed by atoms with Gasteiger partial charge in [-0.25, -0.2) is 27.8 Å². The lowest BCUT2D eigenvalue weighted by atomic mass is 9.92. The topological polar surface area (TPSA) is 71.8 Å². The number of hydrogen-bond donors (Lipinski definition) is 1. The van der Waals surface area contributed by atoms with Crippen LogP contribution in [0.4, 0.5) is 24.9 Å². The summed E-state index contributed by atoms with van der Waals surface area (Å²) < 4.78 is 44.0. The summed E-state index contributed by atoms with van der Waals surface area (Å²) in [5.41, 5.74) is 1.10. The minimum absolute atomic E-state index is 0.138. The first-order valence-corrected chi connectivity index (χ1v) is 12.4. The molecule has 3 aromatic rings. The van der Waals surface area contributed by atoms with E-state index in [4.69, 9.17) is 10.1 Å². The number of halogens is 3.